The average molecular weight is 280 g/mol. The van der Waals surface area contributed by atoms with Gasteiger partial charge in [-0.25, -0.2) is 4.39 Å². The minimum absolute atomic E-state index is 0.00571. The molecule has 0 bridgehead atoms. The van der Waals surface area contributed by atoms with E-state index in [2.05, 4.69) is 10.3 Å². The molecule has 1 heterocycles. The first-order valence-corrected chi connectivity index (χ1v) is 7.00. The Hall–Kier alpha value is -1.62. The van der Waals surface area contributed by atoms with Crippen LogP contribution in [0.4, 0.5) is 9.52 Å². The average Bonchev–Trinajstić information content (AvgIpc) is 2.71. The van der Waals surface area contributed by atoms with Crippen molar-refractivity contribution in [3.63, 3.8) is 0 Å². The highest BCUT2D eigenvalue weighted by molar-refractivity contribution is 7.16. The summed E-state index contributed by atoms with van der Waals surface area (Å²) in [5.41, 5.74) is 0.974. The molecule has 3 nitrogen and oxygen atoms in total. The predicted octanol–water partition coefficient (Wildman–Crippen LogP) is 4.28. The van der Waals surface area contributed by atoms with Crippen molar-refractivity contribution in [3.8, 4) is 5.88 Å². The number of hydrogen-bond donors (Lipinski definition) is 2. The van der Waals surface area contributed by atoms with E-state index in [0.29, 0.717) is 5.13 Å². The van der Waals surface area contributed by atoms with Gasteiger partial charge in [-0.05, 0) is 30.5 Å². The molecular formula is C14H17FN2OS. The number of thiazole rings is 1. The Labute approximate surface area is 116 Å². The lowest BCUT2D eigenvalue weighted by Crippen LogP contribution is -2.06. The number of anilines is 1. The number of aromatic hydroxyl groups is 1. The number of benzene rings is 1. The molecule has 1 aromatic carbocycles. The fourth-order valence-corrected chi connectivity index (χ4v) is 2.73. The van der Waals surface area contributed by atoms with Gasteiger partial charge < -0.3 is 10.4 Å². The quantitative estimate of drug-likeness (QED) is 0.878. The van der Waals surface area contributed by atoms with Crippen molar-refractivity contribution in [2.24, 2.45) is 0 Å². The van der Waals surface area contributed by atoms with Crippen molar-refractivity contribution in [2.45, 2.75) is 32.7 Å². The van der Waals surface area contributed by atoms with Crippen LogP contribution in [-0.2, 0) is 0 Å². The van der Waals surface area contributed by atoms with E-state index >= 15 is 0 Å². The van der Waals surface area contributed by atoms with Gasteiger partial charge in [0.15, 0.2) is 5.13 Å². The molecule has 0 aliphatic carbocycles. The molecule has 0 amide bonds. The van der Waals surface area contributed by atoms with Gasteiger partial charge in [0, 0.05) is 0 Å². The molecular weight excluding hydrogens is 263 g/mol. The maximum Gasteiger partial charge on any atom is 0.227 e. The first-order valence-electron chi connectivity index (χ1n) is 6.19. The van der Waals surface area contributed by atoms with E-state index in [1.165, 1.54) is 23.5 Å². The van der Waals surface area contributed by atoms with Gasteiger partial charge in [-0.2, -0.15) is 4.98 Å². The third-order valence-electron chi connectivity index (χ3n) is 2.87. The van der Waals surface area contributed by atoms with E-state index < -0.39 is 0 Å². The minimum atomic E-state index is -0.245. The molecule has 19 heavy (non-hydrogen) atoms. The van der Waals surface area contributed by atoms with Gasteiger partial charge >= 0.3 is 0 Å². The van der Waals surface area contributed by atoms with Crippen molar-refractivity contribution in [2.75, 3.05) is 5.32 Å². The van der Waals surface area contributed by atoms with E-state index in [0.717, 1.165) is 10.4 Å². The van der Waals surface area contributed by atoms with Crippen LogP contribution in [0.5, 0.6) is 5.88 Å². The zero-order chi connectivity index (χ0) is 14.0. The van der Waals surface area contributed by atoms with E-state index in [1.54, 1.807) is 12.1 Å². The third-order valence-corrected chi connectivity index (χ3v) is 4.15. The van der Waals surface area contributed by atoms with Gasteiger partial charge in [0.05, 0.1) is 10.9 Å². The highest BCUT2D eigenvalue weighted by atomic mass is 32.1. The van der Waals surface area contributed by atoms with Crippen molar-refractivity contribution >= 4 is 16.5 Å². The lowest BCUT2D eigenvalue weighted by Gasteiger charge is -2.12. The minimum Gasteiger partial charge on any atom is -0.492 e. The van der Waals surface area contributed by atoms with Crippen LogP contribution in [0.2, 0.25) is 0 Å². The largest absolute Gasteiger partial charge is 0.492 e. The van der Waals surface area contributed by atoms with Crippen LogP contribution in [-0.4, -0.2) is 10.1 Å². The number of nitrogens with one attached hydrogen (secondary N) is 1. The summed E-state index contributed by atoms with van der Waals surface area (Å²) in [6, 6.07) is 6.36. The first-order chi connectivity index (χ1) is 8.97. The fourth-order valence-electron chi connectivity index (χ4n) is 1.78. The Morgan fingerprint density at radius 3 is 2.37 bits per heavy atom. The molecule has 5 heteroatoms. The normalized spacial score (nSPS) is 12.7. The Morgan fingerprint density at radius 2 is 1.84 bits per heavy atom. The van der Waals surface area contributed by atoms with Crippen LogP contribution in [0.3, 0.4) is 0 Å². The molecule has 0 spiro atoms. The molecule has 0 radical (unpaired) electrons. The van der Waals surface area contributed by atoms with Gasteiger partial charge in [-0.15, -0.1) is 0 Å². The van der Waals surface area contributed by atoms with E-state index in [9.17, 15) is 9.50 Å². The maximum atomic E-state index is 12.9. The van der Waals surface area contributed by atoms with Crippen LogP contribution in [0, 0.1) is 5.82 Å². The maximum absolute atomic E-state index is 12.9. The second kappa shape index (κ2) is 5.57. The lowest BCUT2D eigenvalue weighted by atomic mass is 10.1. The van der Waals surface area contributed by atoms with Gasteiger partial charge in [0.1, 0.15) is 5.82 Å². The summed E-state index contributed by atoms with van der Waals surface area (Å²) in [5, 5.41) is 13.6. The molecule has 2 N–H and O–H groups in total. The van der Waals surface area contributed by atoms with Crippen molar-refractivity contribution < 1.29 is 9.50 Å². The predicted molar refractivity (Wildman–Crippen MR) is 76.3 cm³/mol. The zero-order valence-electron chi connectivity index (χ0n) is 11.1. The summed E-state index contributed by atoms with van der Waals surface area (Å²) < 4.78 is 12.9. The van der Waals surface area contributed by atoms with E-state index in [4.69, 9.17) is 0 Å². The standard InChI is InChI=1S/C14H17FN2OS/c1-8(2)12-13(18)17-14(19-12)16-9(3)10-4-6-11(15)7-5-10/h4-9,18H,1-3H3,(H,16,17)/t9-/m0/s1. The summed E-state index contributed by atoms with van der Waals surface area (Å²) >= 11 is 1.45. The van der Waals surface area contributed by atoms with E-state index in [-0.39, 0.29) is 23.7 Å². The molecule has 102 valence electrons. The monoisotopic (exact) mass is 280 g/mol. The SMILES string of the molecule is CC(C)c1sc(N[C@@H](C)c2ccc(F)cc2)nc1O. The summed E-state index contributed by atoms with van der Waals surface area (Å²) in [4.78, 5) is 4.97. The van der Waals surface area contributed by atoms with Crippen molar-refractivity contribution in [3.05, 3.63) is 40.5 Å². The molecule has 0 aliphatic rings. The Kier molecular flexibility index (Phi) is 4.04. The summed E-state index contributed by atoms with van der Waals surface area (Å²) in [5.74, 6) is 0.0907. The topological polar surface area (TPSA) is 45.2 Å². The van der Waals surface area contributed by atoms with Crippen LogP contribution < -0.4 is 5.32 Å². The molecule has 1 atom stereocenters. The van der Waals surface area contributed by atoms with Crippen LogP contribution >= 0.6 is 11.3 Å². The highest BCUT2D eigenvalue weighted by Crippen LogP contribution is 2.35. The molecule has 0 saturated heterocycles. The Bertz CT molecular complexity index is 551. The van der Waals surface area contributed by atoms with Crippen molar-refractivity contribution in [1.82, 2.24) is 4.98 Å². The molecule has 2 rings (SSSR count). The molecule has 0 aliphatic heterocycles. The molecule has 2 aromatic rings. The van der Waals surface area contributed by atoms with Gasteiger partial charge in [-0.3, -0.25) is 0 Å². The summed E-state index contributed by atoms with van der Waals surface area (Å²) in [7, 11) is 0. The van der Waals surface area contributed by atoms with Crippen LogP contribution in [0.25, 0.3) is 0 Å². The summed E-state index contributed by atoms with van der Waals surface area (Å²) in [6.07, 6.45) is 0. The molecule has 0 fully saturated rings. The lowest BCUT2D eigenvalue weighted by molar-refractivity contribution is 0.449. The van der Waals surface area contributed by atoms with Crippen LogP contribution in [0.15, 0.2) is 24.3 Å². The van der Waals surface area contributed by atoms with Crippen LogP contribution in [0.1, 0.15) is 43.2 Å². The van der Waals surface area contributed by atoms with Gasteiger partial charge in [0.25, 0.3) is 0 Å². The molecule has 1 aromatic heterocycles. The second-order valence-electron chi connectivity index (χ2n) is 4.78. The fraction of sp³-hybridized carbons (Fsp3) is 0.357. The third kappa shape index (κ3) is 3.23. The number of nitrogens with zero attached hydrogens (tertiary/aromatic N) is 1. The van der Waals surface area contributed by atoms with Gasteiger partial charge in [0.2, 0.25) is 5.88 Å². The number of halogens is 1. The Morgan fingerprint density at radius 1 is 1.21 bits per heavy atom. The zero-order valence-corrected chi connectivity index (χ0v) is 12.0. The molecule has 0 unspecified atom stereocenters. The smallest absolute Gasteiger partial charge is 0.227 e. The highest BCUT2D eigenvalue weighted by Gasteiger charge is 2.15. The summed E-state index contributed by atoms with van der Waals surface area (Å²) in [6.45, 7) is 6.00. The second-order valence-corrected chi connectivity index (χ2v) is 5.81. The van der Waals surface area contributed by atoms with Gasteiger partial charge in [-0.1, -0.05) is 37.3 Å². The number of rotatable bonds is 4. The molecule has 0 saturated carbocycles. The Balaban J connectivity index is 2.12. The van der Waals surface area contributed by atoms with Crippen molar-refractivity contribution in [1.29, 1.82) is 0 Å². The number of aromatic nitrogens is 1. The van der Waals surface area contributed by atoms with E-state index in [1.807, 2.05) is 20.8 Å². The number of hydrogen-bond acceptors (Lipinski definition) is 4. The first kappa shape index (κ1) is 13.8.